The molecule has 0 aromatic heterocycles. The monoisotopic (exact) mass is 263 g/mol. The molecule has 0 bridgehead atoms. The molecule has 2 rings (SSSR count). The maximum Gasteiger partial charge on any atom is 0.148 e. The van der Waals surface area contributed by atoms with Crippen LogP contribution in [0.3, 0.4) is 0 Å². The molecule has 0 fully saturated rings. The second-order valence-corrected chi connectivity index (χ2v) is 6.92. The molecule has 2 aromatic rings. The molecule has 0 aliphatic carbocycles. The molecule has 0 spiro atoms. The third kappa shape index (κ3) is 3.55. The number of nitrogens with two attached hydrogens (primary N) is 1. The zero-order valence-electron chi connectivity index (χ0n) is 10.3. The third-order valence-corrected chi connectivity index (χ3v) is 3.86. The first kappa shape index (κ1) is 13.1. The molecule has 0 amide bonds. The Hall–Kier alpha value is -1.39. The van der Waals surface area contributed by atoms with Crippen LogP contribution in [0.1, 0.15) is 5.56 Å². The lowest BCUT2D eigenvalue weighted by molar-refractivity contribution is 0.591. The van der Waals surface area contributed by atoms with Crippen LogP contribution in [-0.2, 0) is 16.3 Å². The summed E-state index contributed by atoms with van der Waals surface area (Å²) in [7, 11) is -3.01. The highest BCUT2D eigenvalue weighted by Gasteiger charge is 2.11. The highest BCUT2D eigenvalue weighted by Crippen LogP contribution is 2.16. The molecule has 1 unspecified atom stereocenters. The minimum Gasteiger partial charge on any atom is -0.326 e. The van der Waals surface area contributed by atoms with Gasteiger partial charge >= 0.3 is 0 Å². The number of hydrogen-bond donors (Lipinski definition) is 1. The molecule has 0 radical (unpaired) electrons. The highest BCUT2D eigenvalue weighted by atomic mass is 32.2. The predicted octanol–water partition coefficient (Wildman–Crippen LogP) is 1.75. The van der Waals surface area contributed by atoms with E-state index >= 15 is 0 Å². The Morgan fingerprint density at radius 3 is 2.44 bits per heavy atom. The van der Waals surface area contributed by atoms with Gasteiger partial charge in [0.2, 0.25) is 0 Å². The van der Waals surface area contributed by atoms with Gasteiger partial charge in [-0.25, -0.2) is 8.42 Å². The Kier molecular flexibility index (Phi) is 3.68. The molecule has 1 atom stereocenters. The summed E-state index contributed by atoms with van der Waals surface area (Å²) in [6.45, 7) is 0. The number of fused-ring (bicyclic) bond motifs is 1. The molecular formula is C14H17NO2S. The SMILES string of the molecule is CS(=O)(=O)CC(N)Cc1ccc2ccccc2c1. The molecule has 96 valence electrons. The first-order valence-electron chi connectivity index (χ1n) is 5.85. The Morgan fingerprint density at radius 1 is 1.11 bits per heavy atom. The lowest BCUT2D eigenvalue weighted by atomic mass is 10.0. The van der Waals surface area contributed by atoms with Crippen molar-refractivity contribution in [3.63, 3.8) is 0 Å². The van der Waals surface area contributed by atoms with Crippen molar-refractivity contribution in [1.82, 2.24) is 0 Å². The quantitative estimate of drug-likeness (QED) is 0.914. The average molecular weight is 263 g/mol. The van der Waals surface area contributed by atoms with E-state index < -0.39 is 9.84 Å². The van der Waals surface area contributed by atoms with E-state index in [0.29, 0.717) is 6.42 Å². The Balaban J connectivity index is 2.17. The first-order chi connectivity index (χ1) is 8.44. The summed E-state index contributed by atoms with van der Waals surface area (Å²) in [5.74, 6) is 0.0276. The van der Waals surface area contributed by atoms with Crippen LogP contribution in [0.15, 0.2) is 42.5 Å². The molecular weight excluding hydrogens is 246 g/mol. The van der Waals surface area contributed by atoms with Crippen LogP contribution in [0.4, 0.5) is 0 Å². The van der Waals surface area contributed by atoms with Crippen LogP contribution >= 0.6 is 0 Å². The summed E-state index contributed by atoms with van der Waals surface area (Å²) < 4.78 is 22.3. The van der Waals surface area contributed by atoms with Crippen molar-refractivity contribution in [1.29, 1.82) is 0 Å². The lowest BCUT2D eigenvalue weighted by Crippen LogP contribution is -2.31. The van der Waals surface area contributed by atoms with Crippen LogP contribution in [0.5, 0.6) is 0 Å². The van der Waals surface area contributed by atoms with Crippen molar-refractivity contribution >= 4 is 20.6 Å². The van der Waals surface area contributed by atoms with Gasteiger partial charge in [0.1, 0.15) is 9.84 Å². The fraction of sp³-hybridized carbons (Fsp3) is 0.286. The zero-order valence-corrected chi connectivity index (χ0v) is 11.2. The average Bonchev–Trinajstić information content (AvgIpc) is 2.26. The Bertz CT molecular complexity index is 650. The maximum absolute atomic E-state index is 11.2. The molecule has 0 aliphatic heterocycles. The smallest absolute Gasteiger partial charge is 0.148 e. The molecule has 2 aromatic carbocycles. The van der Waals surface area contributed by atoms with E-state index in [0.717, 1.165) is 10.9 Å². The molecule has 4 heteroatoms. The first-order valence-corrected chi connectivity index (χ1v) is 7.91. The van der Waals surface area contributed by atoms with E-state index in [9.17, 15) is 8.42 Å². The van der Waals surface area contributed by atoms with E-state index in [1.54, 1.807) is 0 Å². The topological polar surface area (TPSA) is 60.2 Å². The van der Waals surface area contributed by atoms with Gasteiger partial charge < -0.3 is 5.73 Å². The molecule has 0 heterocycles. The van der Waals surface area contributed by atoms with E-state index in [1.807, 2.05) is 30.3 Å². The molecule has 18 heavy (non-hydrogen) atoms. The van der Waals surface area contributed by atoms with Crippen LogP contribution in [0.2, 0.25) is 0 Å². The van der Waals surface area contributed by atoms with E-state index in [-0.39, 0.29) is 11.8 Å². The zero-order chi connectivity index (χ0) is 13.2. The van der Waals surface area contributed by atoms with Gasteiger partial charge in [0.25, 0.3) is 0 Å². The van der Waals surface area contributed by atoms with Gasteiger partial charge in [-0.05, 0) is 22.8 Å². The largest absolute Gasteiger partial charge is 0.326 e. The summed E-state index contributed by atoms with van der Waals surface area (Å²) in [4.78, 5) is 0. The summed E-state index contributed by atoms with van der Waals surface area (Å²) >= 11 is 0. The fourth-order valence-corrected chi connectivity index (χ4v) is 3.01. The van der Waals surface area contributed by atoms with Crippen LogP contribution in [0.25, 0.3) is 10.8 Å². The Morgan fingerprint density at radius 2 is 1.78 bits per heavy atom. The Labute approximate surface area is 108 Å². The number of sulfone groups is 1. The van der Waals surface area contributed by atoms with Crippen molar-refractivity contribution in [2.75, 3.05) is 12.0 Å². The van der Waals surface area contributed by atoms with Crippen molar-refractivity contribution in [2.45, 2.75) is 12.5 Å². The predicted molar refractivity (Wildman–Crippen MR) is 75.3 cm³/mol. The van der Waals surface area contributed by atoms with Crippen LogP contribution < -0.4 is 5.73 Å². The fourth-order valence-electron chi connectivity index (χ4n) is 2.12. The number of hydrogen-bond acceptors (Lipinski definition) is 3. The van der Waals surface area contributed by atoms with Gasteiger partial charge in [0.05, 0.1) is 5.75 Å². The second kappa shape index (κ2) is 5.08. The van der Waals surface area contributed by atoms with Gasteiger partial charge in [0.15, 0.2) is 0 Å². The third-order valence-electron chi connectivity index (χ3n) is 2.83. The molecule has 0 aliphatic rings. The van der Waals surface area contributed by atoms with Crippen molar-refractivity contribution < 1.29 is 8.42 Å². The second-order valence-electron chi connectivity index (χ2n) is 4.74. The maximum atomic E-state index is 11.2. The summed E-state index contributed by atoms with van der Waals surface area (Å²) in [6, 6.07) is 13.8. The van der Waals surface area contributed by atoms with Gasteiger partial charge in [0, 0.05) is 12.3 Å². The number of rotatable bonds is 4. The molecule has 0 saturated carbocycles. The highest BCUT2D eigenvalue weighted by molar-refractivity contribution is 7.90. The molecule has 2 N–H and O–H groups in total. The lowest BCUT2D eigenvalue weighted by Gasteiger charge is -2.11. The van der Waals surface area contributed by atoms with Crippen molar-refractivity contribution in [3.8, 4) is 0 Å². The standard InChI is InChI=1S/C14H17NO2S/c1-18(16,17)10-14(15)9-11-6-7-12-4-2-3-5-13(12)8-11/h2-8,14H,9-10,15H2,1H3. The number of benzene rings is 2. The normalized spacial score (nSPS) is 13.7. The van der Waals surface area contributed by atoms with Crippen LogP contribution in [0, 0.1) is 0 Å². The van der Waals surface area contributed by atoms with Gasteiger partial charge in [-0.1, -0.05) is 42.5 Å². The molecule has 0 saturated heterocycles. The van der Waals surface area contributed by atoms with Gasteiger partial charge in [-0.3, -0.25) is 0 Å². The van der Waals surface area contributed by atoms with E-state index in [1.165, 1.54) is 11.6 Å². The van der Waals surface area contributed by atoms with Gasteiger partial charge in [-0.15, -0.1) is 0 Å². The van der Waals surface area contributed by atoms with Crippen LogP contribution in [-0.4, -0.2) is 26.5 Å². The van der Waals surface area contributed by atoms with Crippen molar-refractivity contribution in [3.05, 3.63) is 48.0 Å². The minimum absolute atomic E-state index is 0.0276. The summed E-state index contributed by atoms with van der Waals surface area (Å²) in [5.41, 5.74) is 6.93. The minimum atomic E-state index is -3.01. The summed E-state index contributed by atoms with van der Waals surface area (Å²) in [6.07, 6.45) is 1.80. The van der Waals surface area contributed by atoms with Gasteiger partial charge in [-0.2, -0.15) is 0 Å². The summed E-state index contributed by atoms with van der Waals surface area (Å²) in [5, 5.41) is 2.33. The van der Waals surface area contributed by atoms with Crippen molar-refractivity contribution in [2.24, 2.45) is 5.73 Å². The molecule has 3 nitrogen and oxygen atoms in total. The van der Waals surface area contributed by atoms with E-state index in [2.05, 4.69) is 12.1 Å². The van der Waals surface area contributed by atoms with E-state index in [4.69, 9.17) is 5.73 Å².